The zero-order valence-corrected chi connectivity index (χ0v) is 11.6. The predicted molar refractivity (Wildman–Crippen MR) is 72.0 cm³/mol. The summed E-state index contributed by atoms with van der Waals surface area (Å²) in [5.41, 5.74) is 1.27. The van der Waals surface area contributed by atoms with Crippen LogP contribution in [0, 0.1) is 6.92 Å². The Labute approximate surface area is 106 Å². The van der Waals surface area contributed by atoms with Crippen molar-refractivity contribution >= 4 is 21.7 Å². The number of anilines is 1. The van der Waals surface area contributed by atoms with Crippen molar-refractivity contribution in [1.82, 2.24) is 4.98 Å². The van der Waals surface area contributed by atoms with Gasteiger partial charge in [-0.1, -0.05) is 12.8 Å². The van der Waals surface area contributed by atoms with Gasteiger partial charge in [-0.15, -0.1) is 0 Å². The Hall–Kier alpha value is -0.570. The highest BCUT2D eigenvalue weighted by atomic mass is 79.9. The molecule has 0 aliphatic heterocycles. The van der Waals surface area contributed by atoms with E-state index in [0.717, 1.165) is 16.8 Å². The van der Waals surface area contributed by atoms with Crippen molar-refractivity contribution in [2.75, 3.05) is 11.4 Å². The highest BCUT2D eigenvalue weighted by molar-refractivity contribution is 9.10. The first-order valence-corrected chi connectivity index (χ1v) is 6.90. The molecule has 0 bridgehead atoms. The topological polar surface area (TPSA) is 16.1 Å². The second-order valence-corrected chi connectivity index (χ2v) is 5.37. The van der Waals surface area contributed by atoms with Crippen molar-refractivity contribution in [3.05, 3.63) is 22.3 Å². The van der Waals surface area contributed by atoms with Crippen LogP contribution in [0.15, 0.2) is 16.7 Å². The molecule has 0 amide bonds. The minimum atomic E-state index is 0.707. The summed E-state index contributed by atoms with van der Waals surface area (Å²) >= 11 is 3.50. The molecule has 0 unspecified atom stereocenters. The third kappa shape index (κ3) is 2.40. The fourth-order valence-corrected chi connectivity index (χ4v) is 2.72. The van der Waals surface area contributed by atoms with E-state index in [1.54, 1.807) is 0 Å². The molecule has 1 heterocycles. The van der Waals surface area contributed by atoms with Crippen LogP contribution in [-0.4, -0.2) is 17.6 Å². The summed E-state index contributed by atoms with van der Waals surface area (Å²) in [6, 6.07) is 2.89. The second-order valence-electron chi connectivity index (χ2n) is 4.52. The van der Waals surface area contributed by atoms with Gasteiger partial charge in [-0.25, -0.2) is 4.98 Å². The quantitative estimate of drug-likeness (QED) is 0.835. The van der Waals surface area contributed by atoms with Crippen LogP contribution < -0.4 is 4.90 Å². The van der Waals surface area contributed by atoms with Crippen LogP contribution in [0.25, 0.3) is 0 Å². The molecule has 0 radical (unpaired) electrons. The minimum absolute atomic E-state index is 0.707. The molecule has 0 atom stereocenters. The molecular weight excluding hydrogens is 264 g/mol. The molecule has 1 aromatic rings. The van der Waals surface area contributed by atoms with E-state index in [1.165, 1.54) is 31.2 Å². The van der Waals surface area contributed by atoms with Gasteiger partial charge < -0.3 is 4.90 Å². The molecule has 1 aliphatic carbocycles. The van der Waals surface area contributed by atoms with E-state index in [2.05, 4.69) is 45.7 Å². The van der Waals surface area contributed by atoms with Crippen LogP contribution in [-0.2, 0) is 0 Å². The van der Waals surface area contributed by atoms with Gasteiger partial charge in [0.05, 0.1) is 0 Å². The number of hydrogen-bond donors (Lipinski definition) is 0. The third-order valence-electron chi connectivity index (χ3n) is 3.43. The van der Waals surface area contributed by atoms with Gasteiger partial charge in [0, 0.05) is 23.3 Å². The monoisotopic (exact) mass is 282 g/mol. The Bertz CT molecular complexity index is 359. The first-order chi connectivity index (χ1) is 7.72. The normalized spacial score (nSPS) is 16.7. The maximum atomic E-state index is 4.53. The lowest BCUT2D eigenvalue weighted by molar-refractivity contribution is 0.613. The molecule has 2 rings (SSSR count). The number of pyridine rings is 1. The Morgan fingerprint density at radius 1 is 1.44 bits per heavy atom. The van der Waals surface area contributed by atoms with Gasteiger partial charge in [0.15, 0.2) is 0 Å². The summed E-state index contributed by atoms with van der Waals surface area (Å²) in [5.74, 6) is 1.13. The molecule has 1 saturated carbocycles. The fraction of sp³-hybridized carbons (Fsp3) is 0.615. The molecular formula is C13H19BrN2. The van der Waals surface area contributed by atoms with Crippen molar-refractivity contribution in [3.8, 4) is 0 Å². The summed E-state index contributed by atoms with van der Waals surface area (Å²) in [5, 5.41) is 0. The molecule has 16 heavy (non-hydrogen) atoms. The van der Waals surface area contributed by atoms with E-state index < -0.39 is 0 Å². The Kier molecular flexibility index (Phi) is 3.85. The van der Waals surface area contributed by atoms with Gasteiger partial charge in [0.25, 0.3) is 0 Å². The molecule has 1 fully saturated rings. The highest BCUT2D eigenvalue weighted by Gasteiger charge is 2.22. The molecule has 1 aromatic heterocycles. The van der Waals surface area contributed by atoms with Crippen LogP contribution in [0.2, 0.25) is 0 Å². The average molecular weight is 283 g/mol. The van der Waals surface area contributed by atoms with Crippen LogP contribution in [0.1, 0.15) is 38.2 Å². The summed E-state index contributed by atoms with van der Waals surface area (Å²) in [6.45, 7) is 5.40. The molecule has 0 spiro atoms. The van der Waals surface area contributed by atoms with Gasteiger partial charge in [0.1, 0.15) is 5.82 Å². The van der Waals surface area contributed by atoms with E-state index in [4.69, 9.17) is 0 Å². The molecule has 88 valence electrons. The average Bonchev–Trinajstić information content (AvgIpc) is 2.78. The van der Waals surface area contributed by atoms with Gasteiger partial charge in [-0.3, -0.25) is 0 Å². The van der Waals surface area contributed by atoms with Crippen LogP contribution in [0.3, 0.4) is 0 Å². The van der Waals surface area contributed by atoms with E-state index in [0.29, 0.717) is 6.04 Å². The predicted octanol–water partition coefficient (Wildman–Crippen LogP) is 3.92. The zero-order chi connectivity index (χ0) is 11.5. The van der Waals surface area contributed by atoms with Gasteiger partial charge in [-0.2, -0.15) is 0 Å². The minimum Gasteiger partial charge on any atom is -0.354 e. The van der Waals surface area contributed by atoms with E-state index in [1.807, 2.05) is 6.20 Å². The van der Waals surface area contributed by atoms with E-state index in [-0.39, 0.29) is 0 Å². The summed E-state index contributed by atoms with van der Waals surface area (Å²) in [7, 11) is 0. The largest absolute Gasteiger partial charge is 0.354 e. The van der Waals surface area contributed by atoms with E-state index in [9.17, 15) is 0 Å². The number of rotatable bonds is 3. The van der Waals surface area contributed by atoms with Gasteiger partial charge in [-0.05, 0) is 54.2 Å². The first kappa shape index (κ1) is 11.9. The Morgan fingerprint density at radius 2 is 2.12 bits per heavy atom. The van der Waals surface area contributed by atoms with E-state index >= 15 is 0 Å². The molecule has 0 saturated heterocycles. The van der Waals surface area contributed by atoms with Crippen molar-refractivity contribution in [2.45, 2.75) is 45.6 Å². The van der Waals surface area contributed by atoms with Crippen LogP contribution in [0.4, 0.5) is 5.82 Å². The van der Waals surface area contributed by atoms with Crippen LogP contribution in [0.5, 0.6) is 0 Å². The highest BCUT2D eigenvalue weighted by Crippen LogP contribution is 2.28. The van der Waals surface area contributed by atoms with Gasteiger partial charge in [0.2, 0.25) is 0 Å². The Morgan fingerprint density at radius 3 is 2.69 bits per heavy atom. The number of aryl methyl sites for hydroxylation is 1. The van der Waals surface area contributed by atoms with Crippen LogP contribution >= 0.6 is 15.9 Å². The second kappa shape index (κ2) is 5.17. The van der Waals surface area contributed by atoms with Crippen molar-refractivity contribution in [1.29, 1.82) is 0 Å². The maximum Gasteiger partial charge on any atom is 0.129 e. The standard InChI is InChI=1S/C13H19BrN2/c1-3-16(11-6-4-5-7-11)13-8-10(2)12(14)9-15-13/h8-9,11H,3-7H2,1-2H3. The molecule has 3 heteroatoms. The number of nitrogens with zero attached hydrogens (tertiary/aromatic N) is 2. The fourth-order valence-electron chi connectivity index (χ4n) is 2.50. The zero-order valence-electron chi connectivity index (χ0n) is 10.0. The first-order valence-electron chi connectivity index (χ1n) is 6.11. The summed E-state index contributed by atoms with van der Waals surface area (Å²) < 4.78 is 1.10. The molecule has 2 nitrogen and oxygen atoms in total. The summed E-state index contributed by atoms with van der Waals surface area (Å²) in [6.07, 6.45) is 7.31. The lowest BCUT2D eigenvalue weighted by Gasteiger charge is -2.29. The lowest BCUT2D eigenvalue weighted by atomic mass is 10.2. The van der Waals surface area contributed by atoms with Gasteiger partial charge >= 0.3 is 0 Å². The number of halogens is 1. The lowest BCUT2D eigenvalue weighted by Crippen LogP contribution is -2.33. The van der Waals surface area contributed by atoms with Crippen molar-refractivity contribution < 1.29 is 0 Å². The molecule has 0 N–H and O–H groups in total. The molecule has 0 aromatic carbocycles. The van der Waals surface area contributed by atoms with Crippen molar-refractivity contribution in [3.63, 3.8) is 0 Å². The smallest absolute Gasteiger partial charge is 0.129 e. The number of aromatic nitrogens is 1. The maximum absolute atomic E-state index is 4.53. The van der Waals surface area contributed by atoms with Crippen molar-refractivity contribution in [2.24, 2.45) is 0 Å². The SMILES string of the molecule is CCN(c1cc(C)c(Br)cn1)C1CCCC1. The third-order valence-corrected chi connectivity index (χ3v) is 4.26. The summed E-state index contributed by atoms with van der Waals surface area (Å²) in [4.78, 5) is 6.98. The molecule has 1 aliphatic rings. The number of hydrogen-bond acceptors (Lipinski definition) is 2. The Balaban J connectivity index is 2.22.